The summed E-state index contributed by atoms with van der Waals surface area (Å²) in [7, 11) is 0. The molecule has 0 aromatic carbocycles. The van der Waals surface area contributed by atoms with Crippen molar-refractivity contribution in [2.45, 2.75) is 25.3 Å². The maximum absolute atomic E-state index is 10.6. The minimum Gasteiger partial charge on any atom is -0.459 e. The van der Waals surface area contributed by atoms with Gasteiger partial charge in [-0.2, -0.15) is 0 Å². The summed E-state index contributed by atoms with van der Waals surface area (Å²) in [6.45, 7) is 0.440. The maximum atomic E-state index is 10.6. The molecule has 1 saturated carbocycles. The number of hydrogen-bond donors (Lipinski definition) is 0. The van der Waals surface area contributed by atoms with Crippen molar-refractivity contribution < 1.29 is 9.53 Å². The van der Waals surface area contributed by atoms with Crippen LogP contribution in [0.25, 0.3) is 0 Å². The summed E-state index contributed by atoms with van der Waals surface area (Å²) in [6, 6.07) is 0.518. The van der Waals surface area contributed by atoms with Crippen molar-refractivity contribution in [3.05, 3.63) is 0 Å². The van der Waals surface area contributed by atoms with E-state index < -0.39 is 0 Å². The SMILES string of the molecule is O=C1CC(=NC2CC2)CO1. The van der Waals surface area contributed by atoms with Gasteiger partial charge in [-0.1, -0.05) is 0 Å². The topological polar surface area (TPSA) is 38.7 Å². The molecule has 0 aromatic rings. The van der Waals surface area contributed by atoms with Gasteiger partial charge in [0.25, 0.3) is 0 Å². The summed E-state index contributed by atoms with van der Waals surface area (Å²) < 4.78 is 4.72. The molecule has 0 aromatic heterocycles. The van der Waals surface area contributed by atoms with Crippen LogP contribution in [0.1, 0.15) is 19.3 Å². The Morgan fingerprint density at radius 2 is 2.30 bits per heavy atom. The summed E-state index contributed by atoms with van der Waals surface area (Å²) in [5.41, 5.74) is 0.938. The van der Waals surface area contributed by atoms with Crippen molar-refractivity contribution in [1.29, 1.82) is 0 Å². The predicted molar refractivity (Wildman–Crippen MR) is 36.0 cm³/mol. The monoisotopic (exact) mass is 139 g/mol. The highest BCUT2D eigenvalue weighted by Gasteiger charge is 2.24. The number of ether oxygens (including phenoxy) is 1. The largest absolute Gasteiger partial charge is 0.459 e. The zero-order valence-corrected chi connectivity index (χ0v) is 5.67. The lowest BCUT2D eigenvalue weighted by atomic mass is 10.3. The van der Waals surface area contributed by atoms with Crippen LogP contribution >= 0.6 is 0 Å². The van der Waals surface area contributed by atoms with Crippen LogP contribution in [0, 0.1) is 0 Å². The first-order valence-corrected chi connectivity index (χ1v) is 3.56. The molecule has 0 atom stereocenters. The summed E-state index contributed by atoms with van der Waals surface area (Å²) in [5.74, 6) is -0.126. The second-order valence-electron chi connectivity index (χ2n) is 2.76. The fourth-order valence-corrected chi connectivity index (χ4v) is 0.977. The Kier molecular flexibility index (Phi) is 1.22. The predicted octanol–water partition coefficient (Wildman–Crippen LogP) is 0.537. The van der Waals surface area contributed by atoms with Gasteiger partial charge in [0.1, 0.15) is 6.61 Å². The molecule has 2 rings (SSSR count). The summed E-state index contributed by atoms with van der Waals surface area (Å²) in [4.78, 5) is 14.9. The first-order valence-electron chi connectivity index (χ1n) is 3.56. The molecule has 0 N–H and O–H groups in total. The first-order chi connectivity index (χ1) is 4.84. The average molecular weight is 139 g/mol. The zero-order valence-electron chi connectivity index (χ0n) is 5.67. The highest BCUT2D eigenvalue weighted by Crippen LogP contribution is 2.24. The third-order valence-corrected chi connectivity index (χ3v) is 1.66. The Balaban J connectivity index is 1.98. The van der Waals surface area contributed by atoms with Crippen LogP contribution in [0.15, 0.2) is 4.99 Å². The second-order valence-corrected chi connectivity index (χ2v) is 2.76. The van der Waals surface area contributed by atoms with E-state index in [0.29, 0.717) is 19.1 Å². The van der Waals surface area contributed by atoms with Crippen molar-refractivity contribution in [1.82, 2.24) is 0 Å². The molecule has 0 amide bonds. The van der Waals surface area contributed by atoms with Gasteiger partial charge in [0, 0.05) is 0 Å². The molecule has 0 unspecified atom stereocenters. The quantitative estimate of drug-likeness (QED) is 0.497. The van der Waals surface area contributed by atoms with E-state index in [1.807, 2.05) is 0 Å². The van der Waals surface area contributed by atoms with E-state index in [4.69, 9.17) is 4.74 Å². The normalized spacial score (nSPS) is 29.2. The van der Waals surface area contributed by atoms with Gasteiger partial charge in [0.15, 0.2) is 0 Å². The number of carbonyl (C=O) groups excluding carboxylic acids is 1. The van der Waals surface area contributed by atoms with Crippen LogP contribution in [0.2, 0.25) is 0 Å². The lowest BCUT2D eigenvalue weighted by molar-refractivity contribution is -0.137. The maximum Gasteiger partial charge on any atom is 0.312 e. The highest BCUT2D eigenvalue weighted by molar-refractivity contribution is 6.04. The molecule has 2 fully saturated rings. The summed E-state index contributed by atoms with van der Waals surface area (Å²) in [6.07, 6.45) is 2.81. The molecule has 3 nitrogen and oxygen atoms in total. The number of carbonyl (C=O) groups is 1. The molecule has 1 heterocycles. The fourth-order valence-electron chi connectivity index (χ4n) is 0.977. The molecule has 2 aliphatic rings. The van der Waals surface area contributed by atoms with Crippen molar-refractivity contribution >= 4 is 11.7 Å². The van der Waals surface area contributed by atoms with E-state index in [0.717, 1.165) is 5.71 Å². The molecule has 0 bridgehead atoms. The fraction of sp³-hybridized carbons (Fsp3) is 0.714. The highest BCUT2D eigenvalue weighted by atomic mass is 16.5. The van der Waals surface area contributed by atoms with Crippen LogP contribution in [0.5, 0.6) is 0 Å². The van der Waals surface area contributed by atoms with Crippen LogP contribution < -0.4 is 0 Å². The third-order valence-electron chi connectivity index (χ3n) is 1.66. The molecule has 1 saturated heterocycles. The van der Waals surface area contributed by atoms with E-state index >= 15 is 0 Å². The molecule has 54 valence electrons. The molecule has 0 radical (unpaired) electrons. The van der Waals surface area contributed by atoms with Crippen molar-refractivity contribution in [2.75, 3.05) is 6.61 Å². The third kappa shape index (κ3) is 1.17. The molecular weight excluding hydrogens is 130 g/mol. The van der Waals surface area contributed by atoms with Gasteiger partial charge in [-0.3, -0.25) is 9.79 Å². The van der Waals surface area contributed by atoms with Gasteiger partial charge < -0.3 is 4.74 Å². The molecule has 1 aliphatic heterocycles. The van der Waals surface area contributed by atoms with Crippen molar-refractivity contribution in [3.8, 4) is 0 Å². The van der Waals surface area contributed by atoms with Gasteiger partial charge >= 0.3 is 5.97 Å². The molecule has 1 aliphatic carbocycles. The van der Waals surface area contributed by atoms with Gasteiger partial charge in [-0.15, -0.1) is 0 Å². The Bertz CT molecular complexity index is 194. The van der Waals surface area contributed by atoms with Crippen LogP contribution in [0.3, 0.4) is 0 Å². The van der Waals surface area contributed by atoms with Gasteiger partial charge in [0.05, 0.1) is 18.2 Å². The van der Waals surface area contributed by atoms with E-state index in [-0.39, 0.29) is 5.97 Å². The number of nitrogens with zero attached hydrogens (tertiary/aromatic N) is 1. The first kappa shape index (κ1) is 5.89. The standard InChI is InChI=1S/C7H9NO2/c9-7-3-6(4-10-7)8-5-1-2-5/h5H,1-4H2. The lowest BCUT2D eigenvalue weighted by Crippen LogP contribution is -1.97. The average Bonchev–Trinajstić information content (AvgIpc) is 2.59. The van der Waals surface area contributed by atoms with E-state index in [1.165, 1.54) is 12.8 Å². The number of rotatable bonds is 1. The lowest BCUT2D eigenvalue weighted by Gasteiger charge is -1.87. The minimum atomic E-state index is -0.126. The van der Waals surface area contributed by atoms with E-state index in [2.05, 4.69) is 4.99 Å². The van der Waals surface area contributed by atoms with Crippen molar-refractivity contribution in [2.24, 2.45) is 4.99 Å². The van der Waals surface area contributed by atoms with Crippen LogP contribution in [-0.4, -0.2) is 24.3 Å². The molecule has 0 spiro atoms. The van der Waals surface area contributed by atoms with Crippen LogP contribution in [-0.2, 0) is 9.53 Å². The second kappa shape index (κ2) is 2.08. The zero-order chi connectivity index (χ0) is 6.97. The van der Waals surface area contributed by atoms with Gasteiger partial charge in [-0.25, -0.2) is 0 Å². The molecule has 10 heavy (non-hydrogen) atoms. The Hall–Kier alpha value is -0.860. The number of hydrogen-bond acceptors (Lipinski definition) is 3. The summed E-state index contributed by atoms with van der Waals surface area (Å²) in [5, 5.41) is 0. The minimum absolute atomic E-state index is 0.126. The molecular formula is C7H9NO2. The Morgan fingerprint density at radius 1 is 1.50 bits per heavy atom. The smallest absolute Gasteiger partial charge is 0.312 e. The van der Waals surface area contributed by atoms with Gasteiger partial charge in [0.2, 0.25) is 0 Å². The number of aliphatic imine (C=N–C) groups is 1. The van der Waals surface area contributed by atoms with Crippen molar-refractivity contribution in [3.63, 3.8) is 0 Å². The van der Waals surface area contributed by atoms with Gasteiger partial charge in [-0.05, 0) is 12.8 Å². The molecule has 3 heteroatoms. The number of cyclic esters (lactones) is 1. The summed E-state index contributed by atoms with van der Waals surface area (Å²) >= 11 is 0. The van der Waals surface area contributed by atoms with E-state index in [9.17, 15) is 4.79 Å². The number of esters is 1. The Labute approximate surface area is 59.1 Å². The van der Waals surface area contributed by atoms with E-state index in [1.54, 1.807) is 0 Å². The van der Waals surface area contributed by atoms with Crippen LogP contribution in [0.4, 0.5) is 0 Å². The Morgan fingerprint density at radius 3 is 2.80 bits per heavy atom.